The van der Waals surface area contributed by atoms with Crippen LogP contribution in [-0.4, -0.2) is 43.8 Å². The second kappa shape index (κ2) is 8.49. The van der Waals surface area contributed by atoms with Gasteiger partial charge < -0.3 is 4.90 Å². The van der Waals surface area contributed by atoms with E-state index in [1.165, 1.54) is 30.5 Å². The van der Waals surface area contributed by atoms with E-state index in [1.54, 1.807) is 0 Å². The van der Waals surface area contributed by atoms with Gasteiger partial charge in [0.2, 0.25) is 0 Å². The van der Waals surface area contributed by atoms with Crippen LogP contribution in [0.2, 0.25) is 0 Å². The molecule has 1 aromatic rings. The zero-order valence-corrected chi connectivity index (χ0v) is 18.5. The molecule has 0 radical (unpaired) electrons. The summed E-state index contributed by atoms with van der Waals surface area (Å²) in [5.74, 6) is 0.565. The van der Waals surface area contributed by atoms with Crippen molar-refractivity contribution in [1.82, 2.24) is 4.90 Å². The van der Waals surface area contributed by atoms with Gasteiger partial charge in [-0.15, -0.1) is 0 Å². The zero-order valence-electron chi connectivity index (χ0n) is 18.5. The van der Waals surface area contributed by atoms with Gasteiger partial charge in [0, 0.05) is 38.3 Å². The van der Waals surface area contributed by atoms with E-state index in [-0.39, 0.29) is 6.42 Å². The summed E-state index contributed by atoms with van der Waals surface area (Å²) in [7, 11) is 0. The lowest BCUT2D eigenvalue weighted by Crippen LogP contribution is -2.47. The van der Waals surface area contributed by atoms with Gasteiger partial charge in [0.15, 0.2) is 0 Å². The Bertz CT molecular complexity index is 657. The first-order valence-electron chi connectivity index (χ1n) is 11.1. The number of halogens is 3. The average Bonchev–Trinajstić information content (AvgIpc) is 2.59. The lowest BCUT2D eigenvalue weighted by Gasteiger charge is -2.46. The highest BCUT2D eigenvalue weighted by atomic mass is 19.4. The molecule has 164 valence electrons. The molecule has 0 unspecified atom stereocenters. The van der Waals surface area contributed by atoms with E-state index < -0.39 is 12.6 Å². The van der Waals surface area contributed by atoms with Gasteiger partial charge in [-0.1, -0.05) is 45.9 Å². The van der Waals surface area contributed by atoms with Crippen molar-refractivity contribution in [3.8, 4) is 0 Å². The first kappa shape index (κ1) is 22.5. The number of nitrogens with zero attached hydrogens (tertiary/aromatic N) is 2. The largest absolute Gasteiger partial charge is 0.389 e. The number of anilines is 1. The van der Waals surface area contributed by atoms with Crippen LogP contribution in [-0.2, 0) is 0 Å². The van der Waals surface area contributed by atoms with Crippen molar-refractivity contribution in [2.45, 2.75) is 71.9 Å². The summed E-state index contributed by atoms with van der Waals surface area (Å²) in [4.78, 5) is 4.63. The number of alkyl halides is 3. The van der Waals surface area contributed by atoms with Crippen molar-refractivity contribution in [2.24, 2.45) is 10.8 Å². The molecule has 5 heteroatoms. The van der Waals surface area contributed by atoms with Gasteiger partial charge >= 0.3 is 6.18 Å². The Morgan fingerprint density at radius 2 is 1.52 bits per heavy atom. The minimum Gasteiger partial charge on any atom is -0.369 e. The molecule has 2 fully saturated rings. The van der Waals surface area contributed by atoms with Gasteiger partial charge in [-0.2, -0.15) is 13.2 Å². The topological polar surface area (TPSA) is 6.48 Å². The molecule has 1 heterocycles. The quantitative estimate of drug-likeness (QED) is 0.549. The second-order valence-corrected chi connectivity index (χ2v) is 10.7. The fourth-order valence-electron chi connectivity index (χ4n) is 5.90. The van der Waals surface area contributed by atoms with E-state index in [4.69, 9.17) is 0 Å². The van der Waals surface area contributed by atoms with Crippen molar-refractivity contribution in [1.29, 1.82) is 0 Å². The molecular formula is C24H37F3N2. The number of piperazine rings is 1. The third-order valence-corrected chi connectivity index (χ3v) is 6.58. The monoisotopic (exact) mass is 410 g/mol. The smallest absolute Gasteiger partial charge is 0.369 e. The molecule has 3 rings (SSSR count). The first-order chi connectivity index (χ1) is 13.4. The van der Waals surface area contributed by atoms with E-state index in [2.05, 4.69) is 61.8 Å². The standard InChI is InChI=1S/C24H37F3N2/c1-22(2)16-19(17-23(3,4)18-22)20-8-5-6-9-21(20)29-14-12-28(13-15-29)11-7-10-24(25,26)27/h5-6,8-9,19H,7,10-18H2,1-4H3. The van der Waals surface area contributed by atoms with E-state index in [0.717, 1.165) is 26.2 Å². The fraction of sp³-hybridized carbons (Fsp3) is 0.750. The Hall–Kier alpha value is -1.23. The Morgan fingerprint density at radius 3 is 2.10 bits per heavy atom. The summed E-state index contributed by atoms with van der Waals surface area (Å²) in [6, 6.07) is 8.81. The molecule has 0 amide bonds. The van der Waals surface area contributed by atoms with Crippen LogP contribution in [0.25, 0.3) is 0 Å². The Kier molecular flexibility index (Phi) is 6.57. The summed E-state index contributed by atoms with van der Waals surface area (Å²) >= 11 is 0. The molecule has 1 aliphatic heterocycles. The van der Waals surface area contributed by atoms with Gasteiger partial charge in [0.05, 0.1) is 0 Å². The molecule has 29 heavy (non-hydrogen) atoms. The number of para-hydroxylation sites is 1. The predicted octanol–water partition coefficient (Wildman–Crippen LogP) is 6.47. The van der Waals surface area contributed by atoms with Crippen molar-refractivity contribution in [2.75, 3.05) is 37.6 Å². The van der Waals surface area contributed by atoms with Gasteiger partial charge in [0.25, 0.3) is 0 Å². The maximum atomic E-state index is 12.4. The van der Waals surface area contributed by atoms with Crippen molar-refractivity contribution >= 4 is 5.69 Å². The third-order valence-electron chi connectivity index (χ3n) is 6.58. The van der Waals surface area contributed by atoms with Crippen LogP contribution < -0.4 is 4.90 Å². The average molecular weight is 411 g/mol. The fourth-order valence-corrected chi connectivity index (χ4v) is 5.90. The lowest BCUT2D eigenvalue weighted by atomic mass is 9.60. The van der Waals surface area contributed by atoms with Crippen LogP contribution in [0.5, 0.6) is 0 Å². The molecule has 1 saturated heterocycles. The Labute approximate surface area is 174 Å². The van der Waals surface area contributed by atoms with Crippen LogP contribution in [0.3, 0.4) is 0 Å². The molecule has 1 aliphatic carbocycles. The Balaban J connectivity index is 1.64. The normalized spacial score (nSPS) is 23.3. The maximum Gasteiger partial charge on any atom is 0.389 e. The van der Waals surface area contributed by atoms with E-state index >= 15 is 0 Å². The molecule has 1 saturated carbocycles. The molecule has 0 N–H and O–H groups in total. The highest BCUT2D eigenvalue weighted by molar-refractivity contribution is 5.56. The van der Waals surface area contributed by atoms with Crippen LogP contribution in [0, 0.1) is 10.8 Å². The van der Waals surface area contributed by atoms with Crippen LogP contribution in [0.15, 0.2) is 24.3 Å². The number of rotatable bonds is 5. The van der Waals surface area contributed by atoms with Crippen LogP contribution in [0.4, 0.5) is 18.9 Å². The molecule has 1 aromatic carbocycles. The maximum absolute atomic E-state index is 12.4. The summed E-state index contributed by atoms with van der Waals surface area (Å²) < 4.78 is 37.2. The van der Waals surface area contributed by atoms with E-state index in [9.17, 15) is 13.2 Å². The van der Waals surface area contributed by atoms with Crippen molar-refractivity contribution < 1.29 is 13.2 Å². The summed E-state index contributed by atoms with van der Waals surface area (Å²) in [5, 5.41) is 0. The second-order valence-electron chi connectivity index (χ2n) is 10.7. The van der Waals surface area contributed by atoms with Crippen LogP contribution >= 0.6 is 0 Å². The van der Waals surface area contributed by atoms with Gasteiger partial charge in [-0.25, -0.2) is 0 Å². The SMILES string of the molecule is CC1(C)CC(c2ccccc2N2CCN(CCCC(F)(F)F)CC2)CC(C)(C)C1. The molecule has 0 spiro atoms. The van der Waals surface area contributed by atoms with Gasteiger partial charge in [-0.05, 0) is 60.6 Å². The summed E-state index contributed by atoms with van der Waals surface area (Å²) in [5.41, 5.74) is 3.48. The van der Waals surface area contributed by atoms with E-state index in [1.807, 2.05) is 0 Å². The minimum atomic E-state index is -4.04. The highest BCUT2D eigenvalue weighted by Crippen LogP contribution is 2.53. The molecule has 2 aliphatic rings. The van der Waals surface area contributed by atoms with Crippen molar-refractivity contribution in [3.05, 3.63) is 29.8 Å². The predicted molar refractivity (Wildman–Crippen MR) is 115 cm³/mol. The number of benzene rings is 1. The van der Waals surface area contributed by atoms with Crippen molar-refractivity contribution in [3.63, 3.8) is 0 Å². The van der Waals surface area contributed by atoms with E-state index in [0.29, 0.717) is 23.3 Å². The Morgan fingerprint density at radius 1 is 0.931 bits per heavy atom. The van der Waals surface area contributed by atoms with Crippen LogP contribution in [0.1, 0.15) is 71.3 Å². The molecule has 0 bridgehead atoms. The molecule has 0 atom stereocenters. The molecule has 0 aromatic heterocycles. The van der Waals surface area contributed by atoms with Gasteiger partial charge in [0.1, 0.15) is 0 Å². The number of hydrogen-bond donors (Lipinski definition) is 0. The molecule has 2 nitrogen and oxygen atoms in total. The number of hydrogen-bond acceptors (Lipinski definition) is 2. The summed E-state index contributed by atoms with van der Waals surface area (Å²) in [6.07, 6.45) is -0.830. The zero-order chi connectivity index (χ0) is 21.3. The lowest BCUT2D eigenvalue weighted by molar-refractivity contribution is -0.136. The summed E-state index contributed by atoms with van der Waals surface area (Å²) in [6.45, 7) is 13.6. The molecular weight excluding hydrogens is 373 g/mol. The minimum absolute atomic E-state index is 0.201. The highest BCUT2D eigenvalue weighted by Gasteiger charge is 2.40. The first-order valence-corrected chi connectivity index (χ1v) is 11.1. The third kappa shape index (κ3) is 6.37. The van der Waals surface area contributed by atoms with Gasteiger partial charge in [-0.3, -0.25) is 4.90 Å².